The van der Waals surface area contributed by atoms with Crippen molar-refractivity contribution < 1.29 is 33.4 Å². The molecule has 1 aliphatic heterocycles. The third kappa shape index (κ3) is 9.79. The highest BCUT2D eigenvalue weighted by molar-refractivity contribution is 5.94. The van der Waals surface area contributed by atoms with Gasteiger partial charge in [0.25, 0.3) is 0 Å². The van der Waals surface area contributed by atoms with E-state index in [0.29, 0.717) is 19.5 Å². The van der Waals surface area contributed by atoms with Crippen molar-refractivity contribution in [3.05, 3.63) is 0 Å². The molecule has 218 valence electrons. The van der Waals surface area contributed by atoms with Crippen LogP contribution in [0.2, 0.25) is 0 Å². The molecule has 0 spiro atoms. The Kier molecular flexibility index (Phi) is 12.0. The second-order valence-electron chi connectivity index (χ2n) is 12.2. The van der Waals surface area contributed by atoms with Gasteiger partial charge in [-0.1, -0.05) is 34.6 Å². The van der Waals surface area contributed by atoms with E-state index >= 15 is 0 Å². The molecule has 3 N–H and O–H groups in total. The molecule has 38 heavy (non-hydrogen) atoms. The molecule has 11 nitrogen and oxygen atoms in total. The van der Waals surface area contributed by atoms with E-state index in [4.69, 9.17) is 9.47 Å². The number of carbonyl (C=O) groups is 5. The van der Waals surface area contributed by atoms with Crippen molar-refractivity contribution in [1.82, 2.24) is 20.9 Å². The third-order valence-electron chi connectivity index (χ3n) is 6.46. The molecule has 4 amide bonds. The van der Waals surface area contributed by atoms with E-state index in [1.165, 1.54) is 12.0 Å². The van der Waals surface area contributed by atoms with Crippen molar-refractivity contribution in [2.24, 2.45) is 17.3 Å². The summed E-state index contributed by atoms with van der Waals surface area (Å²) >= 11 is 0. The molecule has 0 aromatic heterocycles. The van der Waals surface area contributed by atoms with Crippen LogP contribution in [0.15, 0.2) is 0 Å². The Balaban J connectivity index is 3.23. The highest BCUT2D eigenvalue weighted by Crippen LogP contribution is 2.33. The van der Waals surface area contributed by atoms with Gasteiger partial charge in [-0.05, 0) is 57.8 Å². The van der Waals surface area contributed by atoms with Gasteiger partial charge in [-0.25, -0.2) is 9.59 Å². The zero-order valence-corrected chi connectivity index (χ0v) is 24.7. The van der Waals surface area contributed by atoms with E-state index in [0.717, 1.165) is 0 Å². The average Bonchev–Trinajstić information content (AvgIpc) is 3.23. The lowest BCUT2D eigenvalue weighted by molar-refractivity contribution is -0.148. The summed E-state index contributed by atoms with van der Waals surface area (Å²) in [5.41, 5.74) is -1.42. The van der Waals surface area contributed by atoms with Crippen molar-refractivity contribution in [2.75, 3.05) is 20.2 Å². The summed E-state index contributed by atoms with van der Waals surface area (Å²) in [4.78, 5) is 66.0. The van der Waals surface area contributed by atoms with E-state index < -0.39 is 53.0 Å². The lowest BCUT2D eigenvalue weighted by Gasteiger charge is -2.37. The fourth-order valence-corrected chi connectivity index (χ4v) is 4.55. The molecule has 0 aliphatic carbocycles. The number of likely N-dealkylation sites (tertiary alicyclic amines) is 1. The number of carbonyl (C=O) groups excluding carboxylic acids is 5. The lowest BCUT2D eigenvalue weighted by Crippen LogP contribution is -2.60. The van der Waals surface area contributed by atoms with E-state index in [1.54, 1.807) is 27.7 Å². The average molecular weight is 541 g/mol. The first-order valence-electron chi connectivity index (χ1n) is 13.4. The Labute approximate surface area is 227 Å². The normalized spacial score (nSPS) is 19.4. The van der Waals surface area contributed by atoms with Crippen LogP contribution < -0.4 is 16.0 Å². The molecule has 1 rings (SSSR count). The summed E-state index contributed by atoms with van der Waals surface area (Å²) in [5.74, 6) is -1.90. The molecule has 0 aromatic rings. The Morgan fingerprint density at radius 1 is 1.00 bits per heavy atom. The van der Waals surface area contributed by atoms with Crippen molar-refractivity contribution in [3.63, 3.8) is 0 Å². The van der Waals surface area contributed by atoms with Gasteiger partial charge in [0.05, 0.1) is 7.11 Å². The second-order valence-corrected chi connectivity index (χ2v) is 12.2. The first-order valence-corrected chi connectivity index (χ1v) is 13.4. The second kappa shape index (κ2) is 13.8. The van der Waals surface area contributed by atoms with Gasteiger partial charge in [0, 0.05) is 19.5 Å². The Morgan fingerprint density at radius 2 is 1.61 bits per heavy atom. The molecule has 0 saturated carbocycles. The molecule has 4 unspecified atom stereocenters. The summed E-state index contributed by atoms with van der Waals surface area (Å²) in [5, 5.41) is 8.10. The zero-order chi connectivity index (χ0) is 29.4. The maximum atomic E-state index is 13.9. The van der Waals surface area contributed by atoms with Gasteiger partial charge in [0.15, 0.2) is 0 Å². The largest absolute Gasteiger partial charge is 0.467 e. The van der Waals surface area contributed by atoms with Crippen molar-refractivity contribution >= 4 is 29.8 Å². The fraction of sp³-hybridized carbons (Fsp3) is 0.815. The number of rotatable bonds is 10. The summed E-state index contributed by atoms with van der Waals surface area (Å²) < 4.78 is 10.2. The Bertz CT molecular complexity index is 860. The third-order valence-corrected chi connectivity index (χ3v) is 6.46. The number of hydrogen-bond donors (Lipinski definition) is 3. The molecule has 11 heteroatoms. The van der Waals surface area contributed by atoms with Crippen molar-refractivity contribution in [3.8, 4) is 0 Å². The zero-order valence-electron chi connectivity index (χ0n) is 24.7. The van der Waals surface area contributed by atoms with Gasteiger partial charge in [-0.15, -0.1) is 0 Å². The lowest BCUT2D eigenvalue weighted by atomic mass is 9.84. The number of methoxy groups -OCH3 is 1. The predicted octanol–water partition coefficient (Wildman–Crippen LogP) is 2.37. The number of hydrogen-bond acceptors (Lipinski definition) is 7. The number of alkyl carbamates (subject to hydrolysis) is 1. The first-order chi connectivity index (χ1) is 17.4. The van der Waals surface area contributed by atoms with E-state index in [2.05, 4.69) is 16.0 Å². The molecular weight excluding hydrogens is 492 g/mol. The molecule has 0 radical (unpaired) electrons. The number of ether oxygens (including phenoxy) is 2. The quantitative estimate of drug-likeness (QED) is 0.361. The topological polar surface area (TPSA) is 143 Å². The highest BCUT2D eigenvalue weighted by atomic mass is 16.6. The first kappa shape index (κ1) is 33.2. The van der Waals surface area contributed by atoms with Gasteiger partial charge in [0.2, 0.25) is 17.7 Å². The van der Waals surface area contributed by atoms with Crippen LogP contribution in [0, 0.1) is 17.3 Å². The van der Waals surface area contributed by atoms with Gasteiger partial charge in [-0.2, -0.15) is 0 Å². The van der Waals surface area contributed by atoms with Crippen LogP contribution >= 0.6 is 0 Å². The number of nitrogens with zero attached hydrogens (tertiary/aromatic N) is 1. The van der Waals surface area contributed by atoms with E-state index in [9.17, 15) is 24.0 Å². The number of nitrogens with one attached hydrogen (secondary N) is 3. The summed E-state index contributed by atoms with van der Waals surface area (Å²) in [7, 11) is 1.21. The fourth-order valence-electron chi connectivity index (χ4n) is 4.55. The van der Waals surface area contributed by atoms with Gasteiger partial charge < -0.3 is 30.3 Å². The SMILES string of the molecule is CCNC(=O)CCC(NC(=O)C1C(C(C)C)CCN1C(=O)C(NC(=O)OC(C)(C)C)C(C)(C)C)C(=O)OC. The Morgan fingerprint density at radius 3 is 2.08 bits per heavy atom. The molecule has 1 fully saturated rings. The van der Waals surface area contributed by atoms with Crippen LogP contribution in [0.3, 0.4) is 0 Å². The van der Waals surface area contributed by atoms with Crippen LogP contribution in [0.1, 0.15) is 81.6 Å². The maximum absolute atomic E-state index is 13.9. The van der Waals surface area contributed by atoms with Crippen LogP contribution in [0.4, 0.5) is 4.79 Å². The number of amides is 4. The van der Waals surface area contributed by atoms with Gasteiger partial charge >= 0.3 is 12.1 Å². The van der Waals surface area contributed by atoms with E-state index in [-0.39, 0.29) is 30.6 Å². The van der Waals surface area contributed by atoms with Crippen LogP contribution in [0.5, 0.6) is 0 Å². The summed E-state index contributed by atoms with van der Waals surface area (Å²) in [6.07, 6.45) is -0.0439. The van der Waals surface area contributed by atoms with E-state index in [1.807, 2.05) is 34.6 Å². The molecule has 0 bridgehead atoms. The standard InChI is InChI=1S/C27H48N4O7/c1-11-28-19(32)13-12-18(24(35)37-10)29-22(33)20-17(16(2)3)14-15-31(20)23(34)21(26(4,5)6)30-25(36)38-27(7,8)9/h16-18,20-21H,11-15H2,1-10H3,(H,28,32)(H,29,33)(H,30,36). The molecule has 1 aliphatic rings. The summed E-state index contributed by atoms with van der Waals surface area (Å²) in [6, 6.07) is -2.85. The Hall–Kier alpha value is -2.85. The smallest absolute Gasteiger partial charge is 0.408 e. The monoisotopic (exact) mass is 540 g/mol. The van der Waals surface area contributed by atoms with Crippen molar-refractivity contribution in [1.29, 1.82) is 0 Å². The molecule has 4 atom stereocenters. The van der Waals surface area contributed by atoms with Crippen molar-refractivity contribution in [2.45, 2.75) is 105 Å². The van der Waals surface area contributed by atoms with Gasteiger partial charge in [-0.3, -0.25) is 14.4 Å². The highest BCUT2D eigenvalue weighted by Gasteiger charge is 2.47. The molecule has 0 aromatic carbocycles. The number of esters is 1. The maximum Gasteiger partial charge on any atom is 0.408 e. The minimum Gasteiger partial charge on any atom is -0.467 e. The minimum atomic E-state index is -1.04. The molecule has 1 saturated heterocycles. The van der Waals surface area contributed by atoms with Crippen LogP contribution in [-0.2, 0) is 28.7 Å². The minimum absolute atomic E-state index is 0.0285. The predicted molar refractivity (Wildman–Crippen MR) is 143 cm³/mol. The molecular formula is C27H48N4O7. The summed E-state index contributed by atoms with van der Waals surface area (Å²) in [6.45, 7) is 17.2. The van der Waals surface area contributed by atoms with Crippen LogP contribution in [0.25, 0.3) is 0 Å². The molecule has 1 heterocycles. The van der Waals surface area contributed by atoms with Crippen LogP contribution in [-0.4, -0.2) is 78.6 Å². The van der Waals surface area contributed by atoms with Gasteiger partial charge in [0.1, 0.15) is 23.7 Å².